The summed E-state index contributed by atoms with van der Waals surface area (Å²) in [6, 6.07) is 26.1. The number of sulfonamides is 1. The Hall–Kier alpha value is -4.87. The van der Waals surface area contributed by atoms with Crippen LogP contribution >= 0.6 is 0 Å². The number of anilines is 3. The van der Waals surface area contributed by atoms with Crippen LogP contribution < -0.4 is 29.3 Å². The Morgan fingerprint density at radius 2 is 1.52 bits per heavy atom. The molecule has 44 heavy (non-hydrogen) atoms. The number of carbonyl (C=O) groups is 1. The lowest BCUT2D eigenvalue weighted by atomic mass is 10.2. The fraction of sp³-hybridized carbons (Fsp3) is 0.182. The minimum absolute atomic E-state index is 0.0237. The molecule has 0 aliphatic carbocycles. The van der Waals surface area contributed by atoms with Crippen LogP contribution in [0, 0.1) is 5.82 Å². The highest BCUT2D eigenvalue weighted by molar-refractivity contribution is 7.89. The molecule has 1 amide bonds. The molecule has 2 aliphatic heterocycles. The Labute approximate surface area is 255 Å². The van der Waals surface area contributed by atoms with E-state index in [1.165, 1.54) is 18.2 Å². The fourth-order valence-corrected chi connectivity index (χ4v) is 6.46. The van der Waals surface area contributed by atoms with E-state index >= 15 is 0 Å². The minimum atomic E-state index is -4.05. The summed E-state index contributed by atoms with van der Waals surface area (Å²) in [5.74, 6) is 0.483. The monoisotopic (exact) mass is 614 g/mol. The molecule has 0 saturated carbocycles. The van der Waals surface area contributed by atoms with Crippen molar-refractivity contribution in [2.24, 2.45) is 0 Å². The minimum Gasteiger partial charge on any atom is -0.454 e. The summed E-state index contributed by atoms with van der Waals surface area (Å²) in [6.45, 7) is 2.11. The third-order valence-electron chi connectivity index (χ3n) is 7.46. The van der Waals surface area contributed by atoms with Crippen LogP contribution in [0.3, 0.4) is 0 Å². The highest BCUT2D eigenvalue weighted by Crippen LogP contribution is 2.34. The number of rotatable bonds is 9. The maximum Gasteiger partial charge on any atom is 0.248 e. The molecule has 0 unspecified atom stereocenters. The van der Waals surface area contributed by atoms with Gasteiger partial charge < -0.3 is 24.6 Å². The second-order valence-electron chi connectivity index (χ2n) is 10.4. The molecule has 6 rings (SSSR count). The Morgan fingerprint density at radius 1 is 0.818 bits per heavy atom. The summed E-state index contributed by atoms with van der Waals surface area (Å²) in [5.41, 5.74) is 2.92. The van der Waals surface area contributed by atoms with Gasteiger partial charge in [-0.15, -0.1) is 0 Å². The van der Waals surface area contributed by atoms with Crippen LogP contribution in [0.2, 0.25) is 0 Å². The molecule has 0 radical (unpaired) electrons. The lowest BCUT2D eigenvalue weighted by molar-refractivity contribution is -0.111. The molecule has 2 heterocycles. The van der Waals surface area contributed by atoms with E-state index in [0.717, 1.165) is 5.56 Å². The maximum atomic E-state index is 14.4. The molecule has 0 aromatic heterocycles. The molecular formula is C33H31FN4O5S. The van der Waals surface area contributed by atoms with E-state index < -0.39 is 15.9 Å². The number of piperazine rings is 1. The maximum absolute atomic E-state index is 14.4. The van der Waals surface area contributed by atoms with Crippen LogP contribution in [0.4, 0.5) is 21.5 Å². The van der Waals surface area contributed by atoms with Gasteiger partial charge in [0.1, 0.15) is 10.7 Å². The molecule has 1 saturated heterocycles. The number of hydrogen-bond donors (Lipinski definition) is 2. The summed E-state index contributed by atoms with van der Waals surface area (Å²) in [5, 5.41) is 2.77. The van der Waals surface area contributed by atoms with E-state index in [9.17, 15) is 17.6 Å². The van der Waals surface area contributed by atoms with Crippen molar-refractivity contribution in [2.75, 3.05) is 48.1 Å². The van der Waals surface area contributed by atoms with Crippen molar-refractivity contribution in [3.63, 3.8) is 0 Å². The Kier molecular flexibility index (Phi) is 8.49. The number of benzene rings is 4. The first-order valence-corrected chi connectivity index (χ1v) is 15.6. The molecule has 11 heteroatoms. The SMILES string of the molecule is O=C(C=Cc1ccccc1)Nc1ccc(N2CCN(c3ccccc3F)CC2)c(S(=O)(=O)NCc2ccc3c(c2)OCO3)c1. The highest BCUT2D eigenvalue weighted by Gasteiger charge is 2.27. The molecule has 9 nitrogen and oxygen atoms in total. The smallest absolute Gasteiger partial charge is 0.248 e. The number of carbonyl (C=O) groups excluding carboxylic acids is 1. The van der Waals surface area contributed by atoms with Crippen molar-refractivity contribution in [1.82, 2.24) is 4.72 Å². The average molecular weight is 615 g/mol. The van der Waals surface area contributed by atoms with E-state index in [2.05, 4.69) is 10.0 Å². The van der Waals surface area contributed by atoms with Crippen LogP contribution in [0.25, 0.3) is 6.08 Å². The Morgan fingerprint density at radius 3 is 2.30 bits per heavy atom. The number of fused-ring (bicyclic) bond motifs is 1. The van der Waals surface area contributed by atoms with Gasteiger partial charge in [0.15, 0.2) is 11.5 Å². The lowest BCUT2D eigenvalue weighted by Gasteiger charge is -2.38. The molecule has 2 N–H and O–H groups in total. The number of hydrogen-bond acceptors (Lipinski definition) is 7. The summed E-state index contributed by atoms with van der Waals surface area (Å²) in [6.07, 6.45) is 3.08. The molecule has 0 atom stereocenters. The molecule has 0 spiro atoms. The van der Waals surface area contributed by atoms with Crippen molar-refractivity contribution in [3.05, 3.63) is 114 Å². The average Bonchev–Trinajstić information content (AvgIpc) is 3.52. The largest absolute Gasteiger partial charge is 0.454 e. The normalized spacial score (nSPS) is 14.7. The van der Waals surface area contributed by atoms with Crippen LogP contribution in [0.5, 0.6) is 11.5 Å². The van der Waals surface area contributed by atoms with E-state index in [1.807, 2.05) is 40.1 Å². The molecule has 226 valence electrons. The Balaban J connectivity index is 1.23. The predicted molar refractivity (Wildman–Crippen MR) is 168 cm³/mol. The van der Waals surface area contributed by atoms with Crippen molar-refractivity contribution >= 4 is 39.1 Å². The van der Waals surface area contributed by atoms with Crippen molar-refractivity contribution in [2.45, 2.75) is 11.4 Å². The van der Waals surface area contributed by atoms with Gasteiger partial charge >= 0.3 is 0 Å². The number of para-hydroxylation sites is 1. The molecule has 0 bridgehead atoms. The van der Waals surface area contributed by atoms with Gasteiger partial charge in [-0.05, 0) is 59.7 Å². The molecule has 4 aromatic rings. The number of nitrogens with one attached hydrogen (secondary N) is 2. The highest BCUT2D eigenvalue weighted by atomic mass is 32.2. The van der Waals surface area contributed by atoms with Gasteiger partial charge in [-0.25, -0.2) is 17.5 Å². The first-order chi connectivity index (χ1) is 21.4. The van der Waals surface area contributed by atoms with Crippen molar-refractivity contribution < 1.29 is 27.1 Å². The fourth-order valence-electron chi connectivity index (χ4n) is 5.19. The quantitative estimate of drug-likeness (QED) is 0.256. The van der Waals surface area contributed by atoms with E-state index in [4.69, 9.17) is 9.47 Å². The van der Waals surface area contributed by atoms with Gasteiger partial charge in [0.25, 0.3) is 0 Å². The van der Waals surface area contributed by atoms with Crippen molar-refractivity contribution in [3.8, 4) is 11.5 Å². The van der Waals surface area contributed by atoms with Gasteiger partial charge in [0.2, 0.25) is 22.7 Å². The van der Waals surface area contributed by atoms with Gasteiger partial charge in [-0.2, -0.15) is 0 Å². The zero-order chi connectivity index (χ0) is 30.5. The van der Waals surface area contributed by atoms with Crippen molar-refractivity contribution in [1.29, 1.82) is 0 Å². The second-order valence-corrected chi connectivity index (χ2v) is 12.1. The molecule has 2 aliphatic rings. The number of halogens is 1. The summed E-state index contributed by atoms with van der Waals surface area (Å²) in [4.78, 5) is 16.6. The lowest BCUT2D eigenvalue weighted by Crippen LogP contribution is -2.47. The first-order valence-electron chi connectivity index (χ1n) is 14.2. The van der Waals surface area contributed by atoms with Crippen LogP contribution in [-0.2, 0) is 21.4 Å². The zero-order valence-electron chi connectivity index (χ0n) is 23.8. The molecule has 1 fully saturated rings. The van der Waals surface area contributed by atoms with E-state index in [1.54, 1.807) is 54.6 Å². The molecular weight excluding hydrogens is 583 g/mol. The van der Waals surface area contributed by atoms with E-state index in [-0.39, 0.29) is 24.1 Å². The third kappa shape index (κ3) is 6.69. The molecule has 4 aromatic carbocycles. The van der Waals surface area contributed by atoms with Gasteiger partial charge in [-0.3, -0.25) is 4.79 Å². The van der Waals surface area contributed by atoms with Crippen LogP contribution in [0.1, 0.15) is 11.1 Å². The van der Waals surface area contributed by atoms with Crippen LogP contribution in [0.15, 0.2) is 102 Å². The number of amides is 1. The van der Waals surface area contributed by atoms with Gasteiger partial charge in [0.05, 0.1) is 11.4 Å². The predicted octanol–water partition coefficient (Wildman–Crippen LogP) is 5.01. The third-order valence-corrected chi connectivity index (χ3v) is 8.89. The number of nitrogens with zero attached hydrogens (tertiary/aromatic N) is 2. The standard InChI is InChI=1S/C33H31FN4O5S/c34-27-8-4-5-9-28(27)37-16-18-38(19-17-37)29-13-12-26(36-33(39)15-11-24-6-2-1-3-7-24)21-32(29)44(40,41)35-22-25-10-14-30-31(20-25)43-23-42-30/h1-15,20-21,35H,16-19,22-23H2,(H,36,39). The van der Waals surface area contributed by atoms with Gasteiger partial charge in [-0.1, -0.05) is 48.5 Å². The van der Waals surface area contributed by atoms with E-state index in [0.29, 0.717) is 60.3 Å². The Bertz CT molecular complexity index is 1790. The zero-order valence-corrected chi connectivity index (χ0v) is 24.6. The number of ether oxygens (including phenoxy) is 2. The summed E-state index contributed by atoms with van der Waals surface area (Å²) in [7, 11) is -4.05. The first kappa shape index (κ1) is 29.2. The second kappa shape index (κ2) is 12.8. The van der Waals surface area contributed by atoms with Gasteiger partial charge in [0, 0.05) is 44.5 Å². The summed E-state index contributed by atoms with van der Waals surface area (Å²) >= 11 is 0. The topological polar surface area (TPSA) is 100 Å². The van der Waals surface area contributed by atoms with Crippen LogP contribution in [-0.4, -0.2) is 47.3 Å². The summed E-state index contributed by atoms with van der Waals surface area (Å²) < 4.78 is 55.5.